The number of aromatic amines is 1. The molecule has 2 aromatic heterocycles. The van der Waals surface area contributed by atoms with Crippen LogP contribution in [0.4, 0.5) is 14.5 Å². The molecule has 7 heteroatoms. The second kappa shape index (κ2) is 7.16. The number of benzene rings is 2. The molecule has 0 saturated heterocycles. The SMILES string of the molecule is CCC(F)(F)c1cccc(NC(=O)c2nc(-c3ccc4cc[nH]c4c3)oc2C)c1. The molecule has 4 rings (SSSR count). The number of nitrogens with one attached hydrogen (secondary N) is 2. The quantitative estimate of drug-likeness (QED) is 0.443. The summed E-state index contributed by atoms with van der Waals surface area (Å²) in [6.07, 6.45) is 1.52. The lowest BCUT2D eigenvalue weighted by molar-refractivity contribution is -0.00824. The minimum Gasteiger partial charge on any atom is -0.441 e. The van der Waals surface area contributed by atoms with E-state index < -0.39 is 11.8 Å². The third kappa shape index (κ3) is 3.63. The van der Waals surface area contributed by atoms with Crippen molar-refractivity contribution in [1.29, 1.82) is 0 Å². The van der Waals surface area contributed by atoms with Gasteiger partial charge < -0.3 is 14.7 Å². The Morgan fingerprint density at radius 2 is 2.03 bits per heavy atom. The maximum atomic E-state index is 13.9. The van der Waals surface area contributed by atoms with E-state index in [-0.39, 0.29) is 23.4 Å². The van der Waals surface area contributed by atoms with Crippen molar-refractivity contribution < 1.29 is 18.0 Å². The first-order valence-corrected chi connectivity index (χ1v) is 9.22. The van der Waals surface area contributed by atoms with Crippen LogP contribution in [0.15, 0.2) is 59.1 Å². The zero-order valence-corrected chi connectivity index (χ0v) is 15.9. The van der Waals surface area contributed by atoms with Crippen LogP contribution in [0.3, 0.4) is 0 Å². The van der Waals surface area contributed by atoms with Gasteiger partial charge in [-0.15, -0.1) is 0 Å². The number of amides is 1. The van der Waals surface area contributed by atoms with Gasteiger partial charge >= 0.3 is 0 Å². The molecule has 0 unspecified atom stereocenters. The van der Waals surface area contributed by atoms with Crippen molar-refractivity contribution in [2.45, 2.75) is 26.2 Å². The number of alkyl halides is 2. The zero-order valence-electron chi connectivity index (χ0n) is 15.9. The Morgan fingerprint density at radius 1 is 1.21 bits per heavy atom. The van der Waals surface area contributed by atoms with Crippen molar-refractivity contribution in [3.05, 3.63) is 71.7 Å². The molecule has 148 valence electrons. The van der Waals surface area contributed by atoms with E-state index in [9.17, 15) is 13.6 Å². The summed E-state index contributed by atoms with van der Waals surface area (Å²) in [5.41, 5.74) is 1.90. The average molecular weight is 395 g/mol. The molecule has 2 heterocycles. The van der Waals surface area contributed by atoms with Gasteiger partial charge in [-0.05, 0) is 42.6 Å². The van der Waals surface area contributed by atoms with Crippen molar-refractivity contribution in [2.75, 3.05) is 5.32 Å². The summed E-state index contributed by atoms with van der Waals surface area (Å²) in [6, 6.07) is 13.3. The van der Waals surface area contributed by atoms with E-state index in [1.807, 2.05) is 30.5 Å². The minimum atomic E-state index is -2.95. The van der Waals surface area contributed by atoms with Crippen molar-refractivity contribution in [3.8, 4) is 11.5 Å². The highest BCUT2D eigenvalue weighted by Crippen LogP contribution is 2.32. The lowest BCUT2D eigenvalue weighted by Gasteiger charge is -2.15. The van der Waals surface area contributed by atoms with Crippen LogP contribution in [0.25, 0.3) is 22.4 Å². The van der Waals surface area contributed by atoms with Crippen LogP contribution < -0.4 is 5.32 Å². The van der Waals surface area contributed by atoms with Crippen molar-refractivity contribution in [2.24, 2.45) is 0 Å². The zero-order chi connectivity index (χ0) is 20.6. The monoisotopic (exact) mass is 395 g/mol. The number of hydrogen-bond donors (Lipinski definition) is 2. The third-order valence-electron chi connectivity index (χ3n) is 4.80. The van der Waals surface area contributed by atoms with E-state index >= 15 is 0 Å². The average Bonchev–Trinajstić information content (AvgIpc) is 3.34. The lowest BCUT2D eigenvalue weighted by atomic mass is 10.1. The van der Waals surface area contributed by atoms with E-state index in [1.54, 1.807) is 13.0 Å². The number of carbonyl (C=O) groups excluding carboxylic acids is 1. The maximum Gasteiger partial charge on any atom is 0.277 e. The van der Waals surface area contributed by atoms with Crippen molar-refractivity contribution in [3.63, 3.8) is 0 Å². The number of nitrogens with zero attached hydrogens (tertiary/aromatic N) is 1. The number of H-pyrrole nitrogens is 1. The van der Waals surface area contributed by atoms with Crippen LogP contribution in [0, 0.1) is 6.92 Å². The van der Waals surface area contributed by atoms with Gasteiger partial charge in [0.25, 0.3) is 11.8 Å². The number of halogens is 2. The molecule has 4 aromatic rings. The highest BCUT2D eigenvalue weighted by molar-refractivity contribution is 6.03. The molecule has 5 nitrogen and oxygen atoms in total. The molecule has 29 heavy (non-hydrogen) atoms. The standard InChI is InChI=1S/C22H19F2N3O2/c1-3-22(23,24)16-5-4-6-17(12-16)26-20(28)19-13(2)29-21(27-19)15-8-7-14-9-10-25-18(14)11-15/h4-12,25H,3H2,1-2H3,(H,26,28). The molecule has 0 aliphatic rings. The van der Waals surface area contributed by atoms with E-state index in [0.29, 0.717) is 11.7 Å². The number of aromatic nitrogens is 2. The Bertz CT molecular complexity index is 1190. The predicted molar refractivity (Wildman–Crippen MR) is 107 cm³/mol. The van der Waals surface area contributed by atoms with Gasteiger partial charge in [0.1, 0.15) is 5.76 Å². The molecule has 0 aliphatic carbocycles. The largest absolute Gasteiger partial charge is 0.441 e. The molecule has 0 radical (unpaired) electrons. The van der Waals surface area contributed by atoms with Crippen molar-refractivity contribution >= 4 is 22.5 Å². The van der Waals surface area contributed by atoms with E-state index in [4.69, 9.17) is 4.42 Å². The summed E-state index contributed by atoms with van der Waals surface area (Å²) in [4.78, 5) is 20.1. The Hall–Kier alpha value is -3.48. The number of fused-ring (bicyclic) bond motifs is 1. The fraction of sp³-hybridized carbons (Fsp3) is 0.182. The topological polar surface area (TPSA) is 70.9 Å². The van der Waals surface area contributed by atoms with Gasteiger partial charge in [-0.1, -0.05) is 25.1 Å². The molecule has 0 fully saturated rings. The van der Waals surface area contributed by atoms with Gasteiger partial charge in [-0.25, -0.2) is 13.8 Å². The summed E-state index contributed by atoms with van der Waals surface area (Å²) in [5, 5.41) is 3.68. The Balaban J connectivity index is 1.59. The Labute approximate surface area is 165 Å². The molecule has 2 aromatic carbocycles. The number of anilines is 1. The smallest absolute Gasteiger partial charge is 0.277 e. The number of rotatable bonds is 5. The molecular formula is C22H19F2N3O2. The number of oxazole rings is 1. The van der Waals surface area contributed by atoms with Crippen LogP contribution in [0.2, 0.25) is 0 Å². The second-order valence-electron chi connectivity index (χ2n) is 6.80. The first kappa shape index (κ1) is 18.9. The Kier molecular flexibility index (Phi) is 4.66. The molecule has 0 spiro atoms. The van der Waals surface area contributed by atoms with Crippen LogP contribution in [0.5, 0.6) is 0 Å². The van der Waals surface area contributed by atoms with Gasteiger partial charge in [-0.3, -0.25) is 4.79 Å². The second-order valence-corrected chi connectivity index (χ2v) is 6.80. The van der Waals surface area contributed by atoms with Crippen LogP contribution in [-0.4, -0.2) is 15.9 Å². The fourth-order valence-corrected chi connectivity index (χ4v) is 3.13. The molecule has 2 N–H and O–H groups in total. The highest BCUT2D eigenvalue weighted by atomic mass is 19.3. The minimum absolute atomic E-state index is 0.110. The Morgan fingerprint density at radius 3 is 2.83 bits per heavy atom. The van der Waals surface area contributed by atoms with Gasteiger partial charge in [0.2, 0.25) is 5.89 Å². The first-order chi connectivity index (χ1) is 13.9. The number of aryl methyl sites for hydroxylation is 1. The highest BCUT2D eigenvalue weighted by Gasteiger charge is 2.29. The fourth-order valence-electron chi connectivity index (χ4n) is 3.13. The lowest BCUT2D eigenvalue weighted by Crippen LogP contribution is -2.15. The maximum absolute atomic E-state index is 13.9. The van der Waals surface area contributed by atoms with E-state index in [1.165, 1.54) is 25.1 Å². The summed E-state index contributed by atoms with van der Waals surface area (Å²) >= 11 is 0. The molecule has 0 saturated carbocycles. The molecule has 1 amide bonds. The van der Waals surface area contributed by atoms with E-state index in [0.717, 1.165) is 16.5 Å². The van der Waals surface area contributed by atoms with Crippen LogP contribution >= 0.6 is 0 Å². The number of carbonyl (C=O) groups is 1. The van der Waals surface area contributed by atoms with Gasteiger partial charge in [0.15, 0.2) is 5.69 Å². The van der Waals surface area contributed by atoms with Crippen LogP contribution in [-0.2, 0) is 5.92 Å². The molecular weight excluding hydrogens is 376 g/mol. The summed E-state index contributed by atoms with van der Waals surface area (Å²) < 4.78 is 33.5. The first-order valence-electron chi connectivity index (χ1n) is 9.22. The van der Waals surface area contributed by atoms with Gasteiger partial charge in [0, 0.05) is 34.9 Å². The third-order valence-corrected chi connectivity index (χ3v) is 4.80. The van der Waals surface area contributed by atoms with E-state index in [2.05, 4.69) is 15.3 Å². The molecule has 0 aliphatic heterocycles. The van der Waals surface area contributed by atoms with Gasteiger partial charge in [-0.2, -0.15) is 0 Å². The normalized spacial score (nSPS) is 11.7. The summed E-state index contributed by atoms with van der Waals surface area (Å²) in [5.74, 6) is -2.81. The van der Waals surface area contributed by atoms with Gasteiger partial charge in [0.05, 0.1) is 0 Å². The number of hydrogen-bond acceptors (Lipinski definition) is 3. The van der Waals surface area contributed by atoms with Crippen LogP contribution in [0.1, 0.15) is 35.2 Å². The van der Waals surface area contributed by atoms with Crippen molar-refractivity contribution in [1.82, 2.24) is 9.97 Å². The predicted octanol–water partition coefficient (Wildman–Crippen LogP) is 5.89. The molecule has 0 bridgehead atoms. The molecule has 0 atom stereocenters. The summed E-state index contributed by atoms with van der Waals surface area (Å²) in [7, 11) is 0. The summed E-state index contributed by atoms with van der Waals surface area (Å²) in [6.45, 7) is 3.05.